The number of hydrazine groups is 1. The number of methoxy groups -OCH3 is 1. The number of carbonyl (C=O) groups excluding carboxylic acids is 3. The number of carbonyl (C=O) groups is 3. The Morgan fingerprint density at radius 2 is 1.89 bits per heavy atom. The Balaban J connectivity index is 2.04. The van der Waals surface area contributed by atoms with Crippen LogP contribution in [0.1, 0.15) is 38.2 Å². The molecule has 0 aliphatic heterocycles. The molecule has 0 aromatic heterocycles. The van der Waals surface area contributed by atoms with E-state index in [2.05, 4.69) is 10.7 Å². The highest BCUT2D eigenvalue weighted by molar-refractivity contribution is 8.13. The lowest BCUT2D eigenvalue weighted by molar-refractivity contribution is -0.109. The molecule has 27 heavy (non-hydrogen) atoms. The molecule has 1 saturated carbocycles. The van der Waals surface area contributed by atoms with Crippen molar-refractivity contribution in [1.29, 1.82) is 0 Å². The molecule has 2 N–H and O–H groups in total. The van der Waals surface area contributed by atoms with E-state index < -0.39 is 12.1 Å². The minimum atomic E-state index is -0.753. The molecule has 0 saturated heterocycles. The third kappa shape index (κ3) is 7.22. The van der Waals surface area contributed by atoms with E-state index in [0.717, 1.165) is 48.0 Å². The van der Waals surface area contributed by atoms with Gasteiger partial charge in [0.2, 0.25) is 0 Å². The molecule has 1 aromatic rings. The van der Waals surface area contributed by atoms with Gasteiger partial charge in [-0.3, -0.25) is 4.79 Å². The molecule has 148 valence electrons. The van der Waals surface area contributed by atoms with E-state index in [0.29, 0.717) is 12.2 Å². The standard InChI is InChI=1S/C19H27N3O4S/c1-14(23)27-13-17(12-15-8-4-3-5-9-15)20-18(24)22(19(25)26-2)21-16-10-6-7-11-16/h3-5,8-9,16-17,21H,6-7,10-13H2,1-2H3,(H,20,24). The monoisotopic (exact) mass is 393 g/mol. The molecule has 1 aliphatic carbocycles. The summed E-state index contributed by atoms with van der Waals surface area (Å²) >= 11 is 1.15. The Hall–Kier alpha value is -2.06. The van der Waals surface area contributed by atoms with Gasteiger partial charge in [0.15, 0.2) is 5.12 Å². The molecule has 0 spiro atoms. The van der Waals surface area contributed by atoms with Crippen LogP contribution in [-0.4, -0.2) is 47.2 Å². The van der Waals surface area contributed by atoms with Crippen LogP contribution in [0.15, 0.2) is 30.3 Å². The van der Waals surface area contributed by atoms with Gasteiger partial charge in [-0.25, -0.2) is 15.0 Å². The smallest absolute Gasteiger partial charge is 0.432 e. The van der Waals surface area contributed by atoms with Gasteiger partial charge in [0.1, 0.15) is 0 Å². The maximum atomic E-state index is 12.7. The summed E-state index contributed by atoms with van der Waals surface area (Å²) < 4.78 is 4.75. The molecule has 0 radical (unpaired) electrons. The predicted octanol–water partition coefficient (Wildman–Crippen LogP) is 3.10. The minimum Gasteiger partial charge on any atom is -0.451 e. The molecule has 7 nitrogen and oxygen atoms in total. The van der Waals surface area contributed by atoms with Crippen LogP contribution in [0.4, 0.5) is 9.59 Å². The minimum absolute atomic E-state index is 0.0174. The number of nitrogens with one attached hydrogen (secondary N) is 2. The van der Waals surface area contributed by atoms with Crippen LogP contribution >= 0.6 is 11.8 Å². The second-order valence-electron chi connectivity index (χ2n) is 6.55. The van der Waals surface area contributed by atoms with E-state index in [-0.39, 0.29) is 17.2 Å². The van der Waals surface area contributed by atoms with Crippen LogP contribution < -0.4 is 10.7 Å². The Bertz CT molecular complexity index is 635. The zero-order valence-electron chi connectivity index (χ0n) is 15.8. The van der Waals surface area contributed by atoms with Crippen molar-refractivity contribution in [1.82, 2.24) is 15.8 Å². The number of thioether (sulfide) groups is 1. The number of imide groups is 1. The van der Waals surface area contributed by atoms with Crippen LogP contribution in [0.25, 0.3) is 0 Å². The second-order valence-corrected chi connectivity index (χ2v) is 7.75. The molecule has 3 amide bonds. The van der Waals surface area contributed by atoms with Crippen LogP contribution in [0, 0.1) is 0 Å². The Labute approximate surface area is 164 Å². The number of hydrogen-bond acceptors (Lipinski definition) is 6. The summed E-state index contributed by atoms with van der Waals surface area (Å²) in [6.07, 6.45) is 3.77. The average molecular weight is 394 g/mol. The van der Waals surface area contributed by atoms with E-state index in [1.165, 1.54) is 14.0 Å². The van der Waals surface area contributed by atoms with Crippen molar-refractivity contribution < 1.29 is 19.1 Å². The number of ether oxygens (including phenoxy) is 1. The van der Waals surface area contributed by atoms with Crippen LogP contribution in [0.2, 0.25) is 0 Å². The van der Waals surface area contributed by atoms with Gasteiger partial charge in [-0.2, -0.15) is 5.01 Å². The summed E-state index contributed by atoms with van der Waals surface area (Å²) in [6, 6.07) is 8.91. The zero-order chi connectivity index (χ0) is 19.6. The highest BCUT2D eigenvalue weighted by Crippen LogP contribution is 2.18. The highest BCUT2D eigenvalue weighted by atomic mass is 32.2. The molecule has 1 unspecified atom stereocenters. The quantitative estimate of drug-likeness (QED) is 0.692. The summed E-state index contributed by atoms with van der Waals surface area (Å²) in [5.74, 6) is 0.425. The predicted molar refractivity (Wildman–Crippen MR) is 105 cm³/mol. The molecular formula is C19H27N3O4S. The number of hydrogen-bond donors (Lipinski definition) is 2. The first kappa shape index (κ1) is 21.2. The van der Waals surface area contributed by atoms with Crippen LogP contribution in [0.5, 0.6) is 0 Å². The molecule has 2 rings (SSSR count). The first-order valence-corrected chi connectivity index (χ1v) is 10.1. The summed E-state index contributed by atoms with van der Waals surface area (Å²) in [5.41, 5.74) is 4.02. The third-order valence-electron chi connectivity index (χ3n) is 4.37. The topological polar surface area (TPSA) is 87.7 Å². The number of urea groups is 1. The second kappa shape index (κ2) is 10.9. The van der Waals surface area contributed by atoms with E-state index in [9.17, 15) is 14.4 Å². The first-order valence-electron chi connectivity index (χ1n) is 9.11. The van der Waals surface area contributed by atoms with Crippen molar-refractivity contribution in [3.05, 3.63) is 35.9 Å². The summed E-state index contributed by atoms with van der Waals surface area (Å²) in [7, 11) is 1.24. The van der Waals surface area contributed by atoms with Gasteiger partial charge >= 0.3 is 12.1 Å². The maximum absolute atomic E-state index is 12.7. The Morgan fingerprint density at radius 3 is 2.48 bits per heavy atom. The molecule has 1 aromatic carbocycles. The largest absolute Gasteiger partial charge is 0.451 e. The third-order valence-corrected chi connectivity index (χ3v) is 5.34. The molecule has 1 fully saturated rings. The van der Waals surface area contributed by atoms with Gasteiger partial charge in [0.05, 0.1) is 7.11 Å². The van der Waals surface area contributed by atoms with Gasteiger partial charge in [0, 0.05) is 24.8 Å². The molecule has 1 aliphatic rings. The van der Waals surface area contributed by atoms with Gasteiger partial charge in [-0.15, -0.1) is 0 Å². The normalized spacial score (nSPS) is 15.2. The maximum Gasteiger partial charge on any atom is 0.432 e. The van der Waals surface area contributed by atoms with Gasteiger partial charge in [0.25, 0.3) is 0 Å². The lowest BCUT2D eigenvalue weighted by atomic mass is 10.1. The van der Waals surface area contributed by atoms with Gasteiger partial charge in [-0.05, 0) is 24.8 Å². The number of rotatable bonds is 7. The number of nitrogens with zero attached hydrogens (tertiary/aromatic N) is 1. The fourth-order valence-electron chi connectivity index (χ4n) is 3.03. The SMILES string of the molecule is COC(=O)N(NC1CCCC1)C(=O)NC(CSC(C)=O)Cc1ccccc1. The molecular weight excluding hydrogens is 366 g/mol. The van der Waals surface area contributed by atoms with Crippen LogP contribution in [-0.2, 0) is 16.0 Å². The molecule has 1 atom stereocenters. The number of benzene rings is 1. The van der Waals surface area contributed by atoms with E-state index in [1.807, 2.05) is 30.3 Å². The van der Waals surface area contributed by atoms with Crippen molar-refractivity contribution in [2.75, 3.05) is 12.9 Å². The lowest BCUT2D eigenvalue weighted by Crippen LogP contribution is -2.56. The molecule has 0 heterocycles. The van der Waals surface area contributed by atoms with Gasteiger partial charge in [-0.1, -0.05) is 54.9 Å². The van der Waals surface area contributed by atoms with Crippen molar-refractivity contribution >= 4 is 29.0 Å². The molecule has 0 bridgehead atoms. The number of amides is 3. The lowest BCUT2D eigenvalue weighted by Gasteiger charge is -2.27. The van der Waals surface area contributed by atoms with E-state index in [1.54, 1.807) is 0 Å². The fraction of sp³-hybridized carbons (Fsp3) is 0.526. The average Bonchev–Trinajstić information content (AvgIpc) is 3.17. The summed E-state index contributed by atoms with van der Waals surface area (Å²) in [6.45, 7) is 1.49. The first-order chi connectivity index (χ1) is 13.0. The summed E-state index contributed by atoms with van der Waals surface area (Å²) in [5, 5.41) is 3.75. The Kier molecular flexibility index (Phi) is 8.60. The van der Waals surface area contributed by atoms with Crippen LogP contribution in [0.3, 0.4) is 0 Å². The van der Waals surface area contributed by atoms with Crippen molar-refractivity contribution in [2.45, 2.75) is 51.1 Å². The van der Waals surface area contributed by atoms with E-state index >= 15 is 0 Å². The summed E-state index contributed by atoms with van der Waals surface area (Å²) in [4.78, 5) is 36.2. The van der Waals surface area contributed by atoms with Gasteiger partial charge < -0.3 is 10.1 Å². The fourth-order valence-corrected chi connectivity index (χ4v) is 3.67. The van der Waals surface area contributed by atoms with E-state index in [4.69, 9.17) is 4.74 Å². The Morgan fingerprint density at radius 1 is 1.22 bits per heavy atom. The zero-order valence-corrected chi connectivity index (χ0v) is 16.6. The highest BCUT2D eigenvalue weighted by Gasteiger charge is 2.28. The van der Waals surface area contributed by atoms with Crippen molar-refractivity contribution in [3.8, 4) is 0 Å². The van der Waals surface area contributed by atoms with Crippen molar-refractivity contribution in [2.24, 2.45) is 0 Å². The molecule has 8 heteroatoms. The van der Waals surface area contributed by atoms with Crippen molar-refractivity contribution in [3.63, 3.8) is 0 Å².